The minimum absolute atomic E-state index is 0.0448. The number of carbonyl (C=O) groups is 2. The van der Waals surface area contributed by atoms with Gasteiger partial charge in [-0.15, -0.1) is 0 Å². The molecule has 198 valence electrons. The lowest BCUT2D eigenvalue weighted by Crippen LogP contribution is -2.45. The Morgan fingerprint density at radius 2 is 1.53 bits per heavy atom. The standard InChI is InChI=1S/C19H27F3N2O.C10H12O/c1-4-23-7-9-24(10-8-23)13-16-6-5-15(12-18(25)14(2)3)11-17(16)19(20,21)22;1-8-4-3-5-10(6-8)7-9(2)11/h5-6,11,14H,4,7-10,12-13H2,1-3H3;3-6H,7H2,1-2H3. The van der Waals surface area contributed by atoms with Gasteiger partial charge in [-0.1, -0.05) is 62.7 Å². The molecular formula is C29H39F3N2O2. The van der Waals surface area contributed by atoms with Crippen molar-refractivity contribution >= 4 is 11.6 Å². The van der Waals surface area contributed by atoms with Gasteiger partial charge in [-0.2, -0.15) is 13.2 Å². The monoisotopic (exact) mass is 504 g/mol. The highest BCUT2D eigenvalue weighted by Crippen LogP contribution is 2.33. The summed E-state index contributed by atoms with van der Waals surface area (Å²) < 4.78 is 40.5. The predicted octanol–water partition coefficient (Wildman–Crippen LogP) is 5.74. The Hall–Kier alpha value is -2.51. The maximum absolute atomic E-state index is 13.5. The third-order valence-electron chi connectivity index (χ3n) is 6.34. The average molecular weight is 505 g/mol. The fourth-order valence-corrected chi connectivity index (χ4v) is 4.15. The largest absolute Gasteiger partial charge is 0.416 e. The summed E-state index contributed by atoms with van der Waals surface area (Å²) >= 11 is 0. The highest BCUT2D eigenvalue weighted by atomic mass is 19.4. The number of halogens is 3. The molecule has 7 heteroatoms. The quantitative estimate of drug-likeness (QED) is 0.460. The van der Waals surface area contributed by atoms with E-state index in [4.69, 9.17) is 0 Å². The number of hydrogen-bond donors (Lipinski definition) is 0. The van der Waals surface area contributed by atoms with Crippen molar-refractivity contribution in [2.24, 2.45) is 5.92 Å². The third-order valence-corrected chi connectivity index (χ3v) is 6.34. The summed E-state index contributed by atoms with van der Waals surface area (Å²) in [6, 6.07) is 12.4. The Kier molecular flexibility index (Phi) is 11.3. The Morgan fingerprint density at radius 3 is 2.06 bits per heavy atom. The topological polar surface area (TPSA) is 40.6 Å². The van der Waals surface area contributed by atoms with Gasteiger partial charge < -0.3 is 4.90 Å². The van der Waals surface area contributed by atoms with Crippen LogP contribution in [0.15, 0.2) is 42.5 Å². The molecule has 36 heavy (non-hydrogen) atoms. The maximum Gasteiger partial charge on any atom is 0.416 e. The van der Waals surface area contributed by atoms with Crippen LogP contribution in [0.5, 0.6) is 0 Å². The van der Waals surface area contributed by atoms with Crippen molar-refractivity contribution in [3.05, 3.63) is 70.3 Å². The Labute approximate surface area is 213 Å². The van der Waals surface area contributed by atoms with Gasteiger partial charge in [0.25, 0.3) is 0 Å². The number of piperazine rings is 1. The zero-order chi connectivity index (χ0) is 26.9. The molecule has 0 N–H and O–H groups in total. The van der Waals surface area contributed by atoms with Gasteiger partial charge in [0.15, 0.2) is 0 Å². The van der Waals surface area contributed by atoms with E-state index in [2.05, 4.69) is 16.7 Å². The Morgan fingerprint density at radius 1 is 0.917 bits per heavy atom. The highest BCUT2D eigenvalue weighted by Gasteiger charge is 2.34. The highest BCUT2D eigenvalue weighted by molar-refractivity contribution is 5.82. The number of likely N-dealkylation sites (N-methyl/N-ethyl adjacent to an activating group) is 1. The summed E-state index contributed by atoms with van der Waals surface area (Å²) in [6.45, 7) is 13.9. The second kappa shape index (κ2) is 13.7. The lowest BCUT2D eigenvalue weighted by Gasteiger charge is -2.34. The first-order valence-corrected chi connectivity index (χ1v) is 12.6. The lowest BCUT2D eigenvalue weighted by atomic mass is 9.96. The number of carbonyl (C=O) groups excluding carboxylic acids is 2. The van der Waals surface area contributed by atoms with Crippen molar-refractivity contribution in [2.75, 3.05) is 32.7 Å². The molecule has 1 aliphatic heterocycles. The number of Topliss-reactive ketones (excluding diaryl/α,β-unsaturated/α-hetero) is 2. The van der Waals surface area contributed by atoms with Gasteiger partial charge >= 0.3 is 6.18 Å². The number of aryl methyl sites for hydroxylation is 1. The van der Waals surface area contributed by atoms with E-state index in [0.29, 0.717) is 18.5 Å². The van der Waals surface area contributed by atoms with Crippen LogP contribution in [0, 0.1) is 12.8 Å². The minimum atomic E-state index is -4.41. The van der Waals surface area contributed by atoms with E-state index in [0.717, 1.165) is 44.4 Å². The van der Waals surface area contributed by atoms with Crippen LogP contribution in [0.1, 0.15) is 55.5 Å². The van der Waals surface area contributed by atoms with Gasteiger partial charge in [0.1, 0.15) is 11.6 Å². The molecule has 0 aliphatic carbocycles. The van der Waals surface area contributed by atoms with E-state index in [1.807, 2.05) is 31.2 Å². The predicted molar refractivity (Wildman–Crippen MR) is 138 cm³/mol. The molecule has 0 aromatic heterocycles. The fourth-order valence-electron chi connectivity index (χ4n) is 4.15. The molecule has 1 fully saturated rings. The van der Waals surface area contributed by atoms with Crippen LogP contribution < -0.4 is 0 Å². The van der Waals surface area contributed by atoms with E-state index in [-0.39, 0.29) is 29.5 Å². The number of benzene rings is 2. The smallest absolute Gasteiger partial charge is 0.301 e. The normalized spacial score (nSPS) is 14.9. The van der Waals surface area contributed by atoms with Crippen LogP contribution in [-0.2, 0) is 35.2 Å². The number of alkyl halides is 3. The van der Waals surface area contributed by atoms with Crippen molar-refractivity contribution in [3.63, 3.8) is 0 Å². The first-order valence-electron chi connectivity index (χ1n) is 12.6. The molecule has 1 saturated heterocycles. The molecule has 2 aromatic rings. The number of ketones is 2. The fraction of sp³-hybridized carbons (Fsp3) is 0.517. The van der Waals surface area contributed by atoms with E-state index < -0.39 is 11.7 Å². The average Bonchev–Trinajstić information content (AvgIpc) is 2.80. The molecule has 2 aromatic carbocycles. The van der Waals surface area contributed by atoms with Crippen molar-refractivity contribution in [1.82, 2.24) is 9.80 Å². The van der Waals surface area contributed by atoms with Gasteiger partial charge in [0.2, 0.25) is 0 Å². The Balaban J connectivity index is 0.000000346. The van der Waals surface area contributed by atoms with Gasteiger partial charge in [-0.05, 0) is 43.1 Å². The van der Waals surface area contributed by atoms with E-state index >= 15 is 0 Å². The van der Waals surface area contributed by atoms with Crippen LogP contribution in [0.4, 0.5) is 13.2 Å². The number of hydrogen-bond acceptors (Lipinski definition) is 4. The minimum Gasteiger partial charge on any atom is -0.301 e. The molecule has 0 amide bonds. The molecule has 1 heterocycles. The van der Waals surface area contributed by atoms with E-state index in [9.17, 15) is 22.8 Å². The van der Waals surface area contributed by atoms with Gasteiger partial charge in [-0.3, -0.25) is 14.5 Å². The SMILES string of the molecule is CC(=O)Cc1cccc(C)c1.CCN1CCN(Cc2ccc(CC(=O)C(C)C)cc2C(F)(F)F)CC1. The summed E-state index contributed by atoms with van der Waals surface area (Å²) in [6.07, 6.45) is -3.80. The first-order chi connectivity index (χ1) is 16.9. The summed E-state index contributed by atoms with van der Waals surface area (Å²) in [5.41, 5.74) is 2.43. The zero-order valence-electron chi connectivity index (χ0n) is 22.1. The lowest BCUT2D eigenvalue weighted by molar-refractivity contribution is -0.138. The molecule has 0 saturated carbocycles. The molecule has 0 spiro atoms. The summed E-state index contributed by atoms with van der Waals surface area (Å²) in [5, 5.41) is 0. The second-order valence-corrected chi connectivity index (χ2v) is 9.87. The second-order valence-electron chi connectivity index (χ2n) is 9.87. The van der Waals surface area contributed by atoms with Crippen molar-refractivity contribution in [3.8, 4) is 0 Å². The van der Waals surface area contributed by atoms with Crippen LogP contribution in [-0.4, -0.2) is 54.1 Å². The van der Waals surface area contributed by atoms with Gasteiger partial charge in [0.05, 0.1) is 5.56 Å². The maximum atomic E-state index is 13.5. The first kappa shape index (κ1) is 29.7. The van der Waals surface area contributed by atoms with Crippen molar-refractivity contribution in [1.29, 1.82) is 0 Å². The zero-order valence-corrected chi connectivity index (χ0v) is 22.1. The van der Waals surface area contributed by atoms with E-state index in [1.54, 1.807) is 26.8 Å². The summed E-state index contributed by atoms with van der Waals surface area (Å²) in [7, 11) is 0. The number of nitrogens with zero attached hydrogens (tertiary/aromatic N) is 2. The third kappa shape index (κ3) is 9.86. The summed E-state index contributed by atoms with van der Waals surface area (Å²) in [5.74, 6) is -0.00367. The van der Waals surface area contributed by atoms with Crippen LogP contribution in [0.25, 0.3) is 0 Å². The molecular weight excluding hydrogens is 465 g/mol. The van der Waals surface area contributed by atoms with Crippen molar-refractivity contribution < 1.29 is 22.8 Å². The Bertz CT molecular complexity index is 1010. The van der Waals surface area contributed by atoms with Crippen LogP contribution in [0.3, 0.4) is 0 Å². The number of rotatable bonds is 8. The van der Waals surface area contributed by atoms with Crippen molar-refractivity contribution in [2.45, 2.75) is 60.2 Å². The van der Waals surface area contributed by atoms with E-state index in [1.165, 1.54) is 11.6 Å². The molecule has 0 atom stereocenters. The molecule has 0 unspecified atom stereocenters. The van der Waals surface area contributed by atoms with Crippen LogP contribution >= 0.6 is 0 Å². The van der Waals surface area contributed by atoms with Gasteiger partial charge in [-0.25, -0.2) is 0 Å². The molecule has 1 aliphatic rings. The van der Waals surface area contributed by atoms with Gasteiger partial charge in [0, 0.05) is 51.5 Å². The molecule has 0 radical (unpaired) electrons. The summed E-state index contributed by atoms with van der Waals surface area (Å²) in [4.78, 5) is 26.9. The molecule has 0 bridgehead atoms. The molecule has 4 nitrogen and oxygen atoms in total. The molecule has 3 rings (SSSR count). The van der Waals surface area contributed by atoms with Crippen LogP contribution in [0.2, 0.25) is 0 Å².